The molecule has 166 valence electrons. The summed E-state index contributed by atoms with van der Waals surface area (Å²) in [5.41, 5.74) is 3.41. The highest BCUT2D eigenvalue weighted by Gasteiger charge is 2.17. The molecule has 0 aliphatic carbocycles. The maximum Gasteiger partial charge on any atom is 0.339 e. The summed E-state index contributed by atoms with van der Waals surface area (Å²) < 4.78 is 5.05. The first kappa shape index (κ1) is 23.4. The molecule has 0 aromatic heterocycles. The van der Waals surface area contributed by atoms with Crippen LogP contribution in [0.5, 0.6) is 0 Å². The average molecular weight is 460 g/mol. The highest BCUT2D eigenvalue weighted by atomic mass is 35.5. The maximum absolute atomic E-state index is 12.0. The number of piperidine rings is 1. The number of carbonyl (C=O) groups excluding carboxylic acids is 1. The molecule has 3 rings (SSSR count). The average Bonchev–Trinajstić information content (AvgIpc) is 2.76. The minimum absolute atomic E-state index is 0.0345. The Kier molecular flexibility index (Phi) is 8.15. The van der Waals surface area contributed by atoms with Gasteiger partial charge in [0.05, 0.1) is 23.2 Å². The Morgan fingerprint density at radius 1 is 1.23 bits per heavy atom. The van der Waals surface area contributed by atoms with Gasteiger partial charge in [-0.05, 0) is 80.7 Å². The van der Waals surface area contributed by atoms with Crippen LogP contribution >= 0.6 is 23.8 Å². The van der Waals surface area contributed by atoms with E-state index >= 15 is 0 Å². The summed E-state index contributed by atoms with van der Waals surface area (Å²) in [5.74, 6) is 0.369. The smallest absolute Gasteiger partial charge is 0.339 e. The van der Waals surface area contributed by atoms with E-state index in [9.17, 15) is 4.79 Å². The first-order valence-corrected chi connectivity index (χ1v) is 11.5. The zero-order valence-corrected chi connectivity index (χ0v) is 19.9. The quantitative estimate of drug-likeness (QED) is 0.420. The standard InChI is InChI=1S/C24H30ClN3O2S/c1-4-30-23(29)21-15-19(7-10-22(21)25)27-24(31)26-17(3)18-5-8-20(9-6-18)28-13-11-16(2)12-14-28/h5-10,15-17H,4,11-14H2,1-3H3,(H2,26,27,31)/t17-/m1/s1. The Morgan fingerprint density at radius 2 is 1.90 bits per heavy atom. The van der Waals surface area contributed by atoms with E-state index in [4.69, 9.17) is 28.6 Å². The molecule has 31 heavy (non-hydrogen) atoms. The monoisotopic (exact) mass is 459 g/mol. The molecule has 0 radical (unpaired) electrons. The summed E-state index contributed by atoms with van der Waals surface area (Å²) in [4.78, 5) is 14.5. The van der Waals surface area contributed by atoms with Gasteiger partial charge in [0.1, 0.15) is 0 Å². The number of hydrogen-bond donors (Lipinski definition) is 2. The molecule has 1 aliphatic heterocycles. The normalized spacial score (nSPS) is 15.3. The number of esters is 1. The lowest BCUT2D eigenvalue weighted by Crippen LogP contribution is -2.33. The van der Waals surface area contributed by atoms with Crippen LogP contribution in [0.2, 0.25) is 5.02 Å². The van der Waals surface area contributed by atoms with Crippen molar-refractivity contribution >= 4 is 46.3 Å². The lowest BCUT2D eigenvalue weighted by molar-refractivity contribution is 0.0526. The van der Waals surface area contributed by atoms with Crippen molar-refractivity contribution in [1.82, 2.24) is 5.32 Å². The number of thiocarbonyl (C=S) groups is 1. The van der Waals surface area contributed by atoms with Crippen LogP contribution in [0.3, 0.4) is 0 Å². The molecule has 0 amide bonds. The third-order valence-corrected chi connectivity index (χ3v) is 6.16. The Labute approximate surface area is 195 Å². The highest BCUT2D eigenvalue weighted by molar-refractivity contribution is 7.80. The fourth-order valence-electron chi connectivity index (χ4n) is 3.66. The van der Waals surface area contributed by atoms with Gasteiger partial charge in [-0.1, -0.05) is 30.7 Å². The second-order valence-corrected chi connectivity index (χ2v) is 8.81. The summed E-state index contributed by atoms with van der Waals surface area (Å²) in [6.45, 7) is 8.69. The van der Waals surface area contributed by atoms with E-state index in [1.54, 1.807) is 25.1 Å². The van der Waals surface area contributed by atoms with Crippen molar-refractivity contribution in [3.8, 4) is 0 Å². The summed E-state index contributed by atoms with van der Waals surface area (Å²) >= 11 is 11.6. The van der Waals surface area contributed by atoms with Crippen molar-refractivity contribution in [2.45, 2.75) is 39.7 Å². The molecule has 0 bridgehead atoms. The van der Waals surface area contributed by atoms with Gasteiger partial charge in [-0.2, -0.15) is 0 Å². The van der Waals surface area contributed by atoms with Gasteiger partial charge in [0.25, 0.3) is 0 Å². The van der Waals surface area contributed by atoms with E-state index in [0.29, 0.717) is 28.0 Å². The van der Waals surface area contributed by atoms with E-state index < -0.39 is 5.97 Å². The Morgan fingerprint density at radius 3 is 2.55 bits per heavy atom. The minimum atomic E-state index is -0.452. The fourth-order valence-corrected chi connectivity index (χ4v) is 4.15. The molecular weight excluding hydrogens is 430 g/mol. The van der Waals surface area contributed by atoms with Crippen molar-refractivity contribution in [3.05, 3.63) is 58.6 Å². The van der Waals surface area contributed by atoms with Gasteiger partial charge in [0, 0.05) is 24.5 Å². The maximum atomic E-state index is 12.0. The predicted octanol–water partition coefficient (Wildman–Crippen LogP) is 5.80. The van der Waals surface area contributed by atoms with Crippen molar-refractivity contribution in [2.24, 2.45) is 5.92 Å². The number of nitrogens with one attached hydrogen (secondary N) is 2. The van der Waals surface area contributed by atoms with Gasteiger partial charge in [-0.25, -0.2) is 4.79 Å². The minimum Gasteiger partial charge on any atom is -0.462 e. The van der Waals surface area contributed by atoms with Gasteiger partial charge < -0.3 is 20.3 Å². The van der Waals surface area contributed by atoms with Crippen LogP contribution in [0.25, 0.3) is 0 Å². The fraction of sp³-hybridized carbons (Fsp3) is 0.417. The van der Waals surface area contributed by atoms with E-state index in [1.807, 2.05) is 0 Å². The van der Waals surface area contributed by atoms with E-state index in [-0.39, 0.29) is 6.04 Å². The Balaban J connectivity index is 1.58. The molecule has 1 heterocycles. The molecule has 0 unspecified atom stereocenters. The molecule has 5 nitrogen and oxygen atoms in total. The van der Waals surface area contributed by atoms with Gasteiger partial charge in [-0.3, -0.25) is 0 Å². The topological polar surface area (TPSA) is 53.6 Å². The molecule has 1 fully saturated rings. The number of benzene rings is 2. The van der Waals surface area contributed by atoms with Crippen LogP contribution in [0.1, 0.15) is 55.6 Å². The number of carbonyl (C=O) groups is 1. The summed E-state index contributed by atoms with van der Waals surface area (Å²) in [6.07, 6.45) is 2.50. The molecule has 1 saturated heterocycles. The summed E-state index contributed by atoms with van der Waals surface area (Å²) in [6, 6.07) is 13.8. The lowest BCUT2D eigenvalue weighted by Gasteiger charge is -2.32. The van der Waals surface area contributed by atoms with Gasteiger partial charge in [0.15, 0.2) is 5.11 Å². The van der Waals surface area contributed by atoms with Gasteiger partial charge in [0.2, 0.25) is 0 Å². The van der Waals surface area contributed by atoms with E-state index in [0.717, 1.165) is 24.6 Å². The number of rotatable bonds is 6. The highest BCUT2D eigenvalue weighted by Crippen LogP contribution is 2.25. The van der Waals surface area contributed by atoms with Crippen molar-refractivity contribution in [3.63, 3.8) is 0 Å². The van der Waals surface area contributed by atoms with Crippen molar-refractivity contribution in [2.75, 3.05) is 29.9 Å². The molecule has 7 heteroatoms. The first-order valence-electron chi connectivity index (χ1n) is 10.8. The predicted molar refractivity (Wildman–Crippen MR) is 132 cm³/mol. The Hall–Kier alpha value is -2.31. The van der Waals surface area contributed by atoms with Gasteiger partial charge >= 0.3 is 5.97 Å². The van der Waals surface area contributed by atoms with Gasteiger partial charge in [-0.15, -0.1) is 0 Å². The summed E-state index contributed by atoms with van der Waals surface area (Å²) in [7, 11) is 0. The number of halogens is 1. The van der Waals surface area contributed by atoms with Crippen molar-refractivity contribution in [1.29, 1.82) is 0 Å². The summed E-state index contributed by atoms with van der Waals surface area (Å²) in [5, 5.41) is 7.23. The zero-order valence-electron chi connectivity index (χ0n) is 18.3. The molecule has 0 saturated carbocycles. The van der Waals surface area contributed by atoms with Crippen LogP contribution in [0, 0.1) is 5.92 Å². The van der Waals surface area contributed by atoms with E-state index in [1.165, 1.54) is 18.5 Å². The van der Waals surface area contributed by atoms with Crippen LogP contribution in [-0.2, 0) is 4.74 Å². The molecular formula is C24H30ClN3O2S. The number of hydrogen-bond acceptors (Lipinski definition) is 4. The van der Waals surface area contributed by atoms with Crippen LogP contribution in [0.4, 0.5) is 11.4 Å². The SMILES string of the molecule is CCOC(=O)c1cc(NC(=S)N[C@H](C)c2ccc(N3CCC(C)CC3)cc2)ccc1Cl. The number of nitrogens with zero attached hydrogens (tertiary/aromatic N) is 1. The third-order valence-electron chi connectivity index (χ3n) is 5.61. The number of ether oxygens (including phenoxy) is 1. The van der Waals surface area contributed by atoms with Crippen LogP contribution in [-0.4, -0.2) is 30.8 Å². The first-order chi connectivity index (χ1) is 14.9. The molecule has 2 aromatic carbocycles. The molecule has 1 aliphatic rings. The second-order valence-electron chi connectivity index (χ2n) is 8.00. The molecule has 1 atom stereocenters. The Bertz CT molecular complexity index is 912. The third kappa shape index (κ3) is 6.34. The number of anilines is 2. The zero-order chi connectivity index (χ0) is 22.4. The molecule has 2 N–H and O–H groups in total. The lowest BCUT2D eigenvalue weighted by atomic mass is 9.98. The van der Waals surface area contributed by atoms with Crippen LogP contribution in [0.15, 0.2) is 42.5 Å². The molecule has 2 aromatic rings. The van der Waals surface area contributed by atoms with Crippen molar-refractivity contribution < 1.29 is 9.53 Å². The second kappa shape index (κ2) is 10.8. The van der Waals surface area contributed by atoms with Crippen LogP contribution < -0.4 is 15.5 Å². The molecule has 0 spiro atoms. The largest absolute Gasteiger partial charge is 0.462 e. The van der Waals surface area contributed by atoms with E-state index in [2.05, 4.69) is 53.6 Å².